The Bertz CT molecular complexity index is 640. The Kier molecular flexibility index (Phi) is 4.75. The highest BCUT2D eigenvalue weighted by Gasteiger charge is 2.03. The third kappa shape index (κ3) is 3.37. The van der Waals surface area contributed by atoms with E-state index in [1.54, 1.807) is 5.48 Å². The quantitative estimate of drug-likeness (QED) is 0.367. The number of hydroxylamine groups is 1. The van der Waals surface area contributed by atoms with Crippen molar-refractivity contribution in [2.24, 2.45) is 0 Å². The zero-order chi connectivity index (χ0) is 14.4. The van der Waals surface area contributed by atoms with Crippen LogP contribution < -0.4 is 5.48 Å². The maximum atomic E-state index is 10.8. The number of carbonyl (C=O) groups is 1. The van der Waals surface area contributed by atoms with Crippen LogP contribution in [0, 0.1) is 6.57 Å². The molecule has 5 nitrogen and oxygen atoms in total. The second kappa shape index (κ2) is 6.73. The number of fused-ring (bicyclic) bond motifs is 1. The Morgan fingerprint density at radius 3 is 2.90 bits per heavy atom. The second-order valence-electron chi connectivity index (χ2n) is 4.71. The third-order valence-electron chi connectivity index (χ3n) is 3.31. The molecule has 1 heterocycles. The van der Waals surface area contributed by atoms with Crippen LogP contribution in [0.4, 0.5) is 5.69 Å². The van der Waals surface area contributed by atoms with Crippen LogP contribution in [-0.2, 0) is 11.3 Å². The summed E-state index contributed by atoms with van der Waals surface area (Å²) in [6.07, 6.45) is 5.07. The molecule has 0 aliphatic heterocycles. The Morgan fingerprint density at radius 1 is 1.30 bits per heavy atom. The number of benzene rings is 1. The first kappa shape index (κ1) is 14.1. The molecule has 0 saturated heterocycles. The fourth-order valence-corrected chi connectivity index (χ4v) is 2.25. The molecule has 2 N–H and O–H groups in total. The Labute approximate surface area is 117 Å². The lowest BCUT2D eigenvalue weighted by Gasteiger charge is -2.05. The van der Waals surface area contributed by atoms with Gasteiger partial charge in [0.25, 0.3) is 0 Å². The smallest absolute Gasteiger partial charge is 0.243 e. The Hall–Kier alpha value is -2.32. The predicted molar refractivity (Wildman–Crippen MR) is 76.6 cm³/mol. The summed E-state index contributed by atoms with van der Waals surface area (Å²) < 4.78 is 2.16. The van der Waals surface area contributed by atoms with Gasteiger partial charge in [-0.15, -0.1) is 0 Å². The van der Waals surface area contributed by atoms with Gasteiger partial charge in [-0.05, 0) is 36.4 Å². The lowest BCUT2D eigenvalue weighted by molar-refractivity contribution is -0.129. The van der Waals surface area contributed by atoms with E-state index in [0.29, 0.717) is 12.1 Å². The van der Waals surface area contributed by atoms with Crippen molar-refractivity contribution in [2.45, 2.75) is 32.2 Å². The predicted octanol–water partition coefficient (Wildman–Crippen LogP) is 3.26. The first-order valence-electron chi connectivity index (χ1n) is 6.64. The SMILES string of the molecule is [C-]#[N+]c1ccc2c(ccn2CCCCCC(=O)NO)c1. The molecule has 0 spiro atoms. The summed E-state index contributed by atoms with van der Waals surface area (Å²) in [4.78, 5) is 14.3. The molecule has 1 amide bonds. The van der Waals surface area contributed by atoms with Gasteiger partial charge in [-0.2, -0.15) is 0 Å². The molecular weight excluding hydrogens is 254 g/mol. The normalized spacial score (nSPS) is 10.4. The lowest BCUT2D eigenvalue weighted by Crippen LogP contribution is -2.17. The van der Waals surface area contributed by atoms with Crippen molar-refractivity contribution < 1.29 is 10.0 Å². The van der Waals surface area contributed by atoms with Crippen LogP contribution in [0.5, 0.6) is 0 Å². The van der Waals surface area contributed by atoms with Crippen molar-refractivity contribution in [1.29, 1.82) is 0 Å². The molecule has 1 aromatic heterocycles. The van der Waals surface area contributed by atoms with Crippen molar-refractivity contribution in [3.05, 3.63) is 41.9 Å². The molecule has 0 aliphatic rings. The summed E-state index contributed by atoms with van der Waals surface area (Å²) in [6, 6.07) is 7.72. The minimum absolute atomic E-state index is 0.330. The fraction of sp³-hybridized carbons (Fsp3) is 0.333. The third-order valence-corrected chi connectivity index (χ3v) is 3.31. The summed E-state index contributed by atoms with van der Waals surface area (Å²) in [5, 5.41) is 9.46. The first-order chi connectivity index (χ1) is 9.74. The van der Waals surface area contributed by atoms with Crippen LogP contribution in [-0.4, -0.2) is 15.7 Å². The van der Waals surface area contributed by atoms with E-state index in [1.807, 2.05) is 30.5 Å². The van der Waals surface area contributed by atoms with Gasteiger partial charge >= 0.3 is 0 Å². The molecule has 0 saturated carbocycles. The number of aromatic nitrogens is 1. The van der Waals surface area contributed by atoms with Gasteiger partial charge in [-0.3, -0.25) is 10.0 Å². The number of amides is 1. The van der Waals surface area contributed by atoms with E-state index in [2.05, 4.69) is 9.41 Å². The average molecular weight is 271 g/mol. The zero-order valence-electron chi connectivity index (χ0n) is 11.2. The summed E-state index contributed by atoms with van der Waals surface area (Å²) >= 11 is 0. The maximum Gasteiger partial charge on any atom is 0.243 e. The van der Waals surface area contributed by atoms with E-state index in [9.17, 15) is 4.79 Å². The molecule has 0 atom stereocenters. The largest absolute Gasteiger partial charge is 0.348 e. The zero-order valence-corrected chi connectivity index (χ0v) is 11.2. The molecule has 0 radical (unpaired) electrons. The van der Waals surface area contributed by atoms with Crippen LogP contribution in [0.3, 0.4) is 0 Å². The summed E-state index contributed by atoms with van der Waals surface area (Å²) in [7, 11) is 0. The maximum absolute atomic E-state index is 10.8. The van der Waals surface area contributed by atoms with Crippen molar-refractivity contribution >= 4 is 22.5 Å². The number of carbonyl (C=O) groups excluding carboxylic acids is 1. The van der Waals surface area contributed by atoms with Gasteiger partial charge in [0.15, 0.2) is 5.69 Å². The summed E-state index contributed by atoms with van der Waals surface area (Å²) in [5.74, 6) is -0.330. The highest BCUT2D eigenvalue weighted by Crippen LogP contribution is 2.22. The summed E-state index contributed by atoms with van der Waals surface area (Å²) in [5.41, 5.74) is 3.42. The highest BCUT2D eigenvalue weighted by molar-refractivity contribution is 5.83. The van der Waals surface area contributed by atoms with Crippen molar-refractivity contribution in [3.63, 3.8) is 0 Å². The average Bonchev–Trinajstić information content (AvgIpc) is 2.88. The van der Waals surface area contributed by atoms with Crippen LogP contribution in [0.1, 0.15) is 25.7 Å². The number of nitrogens with one attached hydrogen (secondary N) is 1. The van der Waals surface area contributed by atoms with Gasteiger partial charge in [0, 0.05) is 24.7 Å². The van der Waals surface area contributed by atoms with E-state index < -0.39 is 0 Å². The van der Waals surface area contributed by atoms with E-state index in [-0.39, 0.29) is 5.91 Å². The molecule has 20 heavy (non-hydrogen) atoms. The van der Waals surface area contributed by atoms with Gasteiger partial charge in [-0.1, -0.05) is 12.5 Å². The molecule has 5 heteroatoms. The number of aryl methyl sites for hydroxylation is 1. The minimum Gasteiger partial charge on any atom is -0.348 e. The standard InChI is InChI=1S/C15H17N3O2/c1-16-13-6-7-14-12(11-13)8-10-18(14)9-4-2-3-5-15(19)17-20/h6-8,10-11,20H,2-5,9H2,(H,17,19). The lowest BCUT2D eigenvalue weighted by atomic mass is 10.2. The van der Waals surface area contributed by atoms with Crippen molar-refractivity contribution in [3.8, 4) is 0 Å². The van der Waals surface area contributed by atoms with E-state index in [1.165, 1.54) is 0 Å². The monoisotopic (exact) mass is 271 g/mol. The van der Waals surface area contributed by atoms with Gasteiger partial charge < -0.3 is 4.57 Å². The number of hydrogen-bond acceptors (Lipinski definition) is 2. The van der Waals surface area contributed by atoms with E-state index in [4.69, 9.17) is 11.8 Å². The number of hydrogen-bond donors (Lipinski definition) is 2. The molecule has 2 rings (SSSR count). The van der Waals surface area contributed by atoms with Crippen LogP contribution in [0.15, 0.2) is 30.5 Å². The fourth-order valence-electron chi connectivity index (χ4n) is 2.25. The number of unbranched alkanes of at least 4 members (excludes halogenated alkanes) is 2. The van der Waals surface area contributed by atoms with Gasteiger partial charge in [-0.25, -0.2) is 10.3 Å². The van der Waals surface area contributed by atoms with Gasteiger partial charge in [0.1, 0.15) is 0 Å². The molecule has 2 aromatic rings. The molecule has 0 unspecified atom stereocenters. The Balaban J connectivity index is 1.88. The molecular formula is C15H17N3O2. The van der Waals surface area contributed by atoms with Gasteiger partial charge in [0.05, 0.1) is 6.57 Å². The van der Waals surface area contributed by atoms with E-state index >= 15 is 0 Å². The van der Waals surface area contributed by atoms with Crippen molar-refractivity contribution in [2.75, 3.05) is 0 Å². The first-order valence-corrected chi connectivity index (χ1v) is 6.64. The van der Waals surface area contributed by atoms with Crippen LogP contribution >= 0.6 is 0 Å². The van der Waals surface area contributed by atoms with Gasteiger partial charge in [0.2, 0.25) is 5.91 Å². The Morgan fingerprint density at radius 2 is 2.15 bits per heavy atom. The topological polar surface area (TPSA) is 58.6 Å². The second-order valence-corrected chi connectivity index (χ2v) is 4.71. The van der Waals surface area contributed by atoms with Crippen LogP contribution in [0.2, 0.25) is 0 Å². The van der Waals surface area contributed by atoms with Crippen LogP contribution in [0.25, 0.3) is 15.7 Å². The molecule has 1 aromatic carbocycles. The number of nitrogens with zero attached hydrogens (tertiary/aromatic N) is 2. The molecule has 0 fully saturated rings. The molecule has 0 bridgehead atoms. The molecule has 104 valence electrons. The molecule has 0 aliphatic carbocycles. The highest BCUT2D eigenvalue weighted by atomic mass is 16.5. The van der Waals surface area contributed by atoms with Crippen molar-refractivity contribution in [1.82, 2.24) is 10.0 Å². The minimum atomic E-state index is -0.330. The number of rotatable bonds is 6. The van der Waals surface area contributed by atoms with E-state index in [0.717, 1.165) is 36.7 Å². The summed E-state index contributed by atoms with van der Waals surface area (Å²) in [6.45, 7) is 7.89.